The highest BCUT2D eigenvalue weighted by Gasteiger charge is 2.69. The molecule has 2 fully saturated rings. The Morgan fingerprint density at radius 1 is 1.21 bits per heavy atom. The van der Waals surface area contributed by atoms with Crippen LogP contribution in [0.2, 0.25) is 0 Å². The van der Waals surface area contributed by atoms with Gasteiger partial charge in [0.25, 0.3) is 5.91 Å². The summed E-state index contributed by atoms with van der Waals surface area (Å²) in [7, 11) is 0. The van der Waals surface area contributed by atoms with E-state index < -0.39 is 5.60 Å². The van der Waals surface area contributed by atoms with Crippen molar-refractivity contribution >= 4 is 28.2 Å². The first-order chi connectivity index (χ1) is 13.8. The highest BCUT2D eigenvalue weighted by Crippen LogP contribution is 2.60. The van der Waals surface area contributed by atoms with Gasteiger partial charge < -0.3 is 10.2 Å². The molecule has 0 spiro atoms. The largest absolute Gasteiger partial charge is 0.378 e. The van der Waals surface area contributed by atoms with E-state index in [1.807, 2.05) is 18.2 Å². The van der Waals surface area contributed by atoms with Crippen LogP contribution in [-0.2, 0) is 9.63 Å². The summed E-state index contributed by atoms with van der Waals surface area (Å²) in [6, 6.07) is 5.70. The van der Waals surface area contributed by atoms with Crippen molar-refractivity contribution in [3.63, 3.8) is 0 Å². The lowest BCUT2D eigenvalue weighted by molar-refractivity contribution is -0.149. The van der Waals surface area contributed by atoms with E-state index in [4.69, 9.17) is 4.84 Å². The minimum absolute atomic E-state index is 0.0603. The van der Waals surface area contributed by atoms with Gasteiger partial charge in [-0.15, -0.1) is 0 Å². The maximum atomic E-state index is 13.5. The number of aromatic nitrogens is 4. The molecule has 0 saturated heterocycles. The second kappa shape index (κ2) is 5.60. The topological polar surface area (TPSA) is 105 Å². The zero-order valence-corrected chi connectivity index (χ0v) is 15.0. The highest BCUT2D eigenvalue weighted by molar-refractivity contribution is 6.10. The van der Waals surface area contributed by atoms with E-state index in [1.54, 1.807) is 18.6 Å². The molecule has 2 saturated carbocycles. The second-order valence-corrected chi connectivity index (χ2v) is 7.86. The van der Waals surface area contributed by atoms with Gasteiger partial charge in [0.2, 0.25) is 5.60 Å². The van der Waals surface area contributed by atoms with E-state index in [9.17, 15) is 4.79 Å². The van der Waals surface area contributed by atoms with Crippen LogP contribution < -0.4 is 5.32 Å². The van der Waals surface area contributed by atoms with Crippen LogP contribution in [0.1, 0.15) is 24.8 Å². The zero-order chi connectivity index (χ0) is 18.7. The summed E-state index contributed by atoms with van der Waals surface area (Å²) < 4.78 is 0. The molecule has 6 rings (SSSR count). The van der Waals surface area contributed by atoms with Gasteiger partial charge in [-0.2, -0.15) is 5.10 Å². The number of benzene rings is 1. The number of hydrogen-bond donors (Lipinski definition) is 2. The van der Waals surface area contributed by atoms with Gasteiger partial charge in [-0.05, 0) is 43.4 Å². The van der Waals surface area contributed by atoms with Crippen LogP contribution in [0, 0.1) is 17.8 Å². The number of amides is 1. The molecule has 4 unspecified atom stereocenters. The van der Waals surface area contributed by atoms with Gasteiger partial charge in [-0.25, -0.2) is 9.97 Å². The fraction of sp³-hybridized carbons (Fsp3) is 0.350. The van der Waals surface area contributed by atoms with Crippen LogP contribution >= 0.6 is 0 Å². The first-order valence-electron chi connectivity index (χ1n) is 9.52. The second-order valence-electron chi connectivity index (χ2n) is 7.86. The molecule has 1 aliphatic heterocycles. The minimum atomic E-state index is -0.945. The van der Waals surface area contributed by atoms with Gasteiger partial charge in [0.15, 0.2) is 0 Å². The molecule has 4 atom stereocenters. The van der Waals surface area contributed by atoms with E-state index in [1.165, 1.54) is 6.33 Å². The van der Waals surface area contributed by atoms with Crippen molar-refractivity contribution in [3.05, 3.63) is 48.7 Å². The van der Waals surface area contributed by atoms with E-state index in [2.05, 4.69) is 30.6 Å². The Balaban J connectivity index is 1.35. The van der Waals surface area contributed by atoms with Crippen molar-refractivity contribution in [3.8, 4) is 0 Å². The number of rotatable bonds is 3. The van der Waals surface area contributed by atoms with Crippen LogP contribution in [0.3, 0.4) is 0 Å². The highest BCUT2D eigenvalue weighted by atomic mass is 16.7. The smallest absolute Gasteiger partial charge is 0.272 e. The van der Waals surface area contributed by atoms with Gasteiger partial charge in [0.1, 0.15) is 6.33 Å². The summed E-state index contributed by atoms with van der Waals surface area (Å²) in [6.07, 6.45) is 9.79. The molecular formula is C20H18N6O2. The maximum Gasteiger partial charge on any atom is 0.272 e. The van der Waals surface area contributed by atoms with Crippen molar-refractivity contribution in [1.82, 2.24) is 20.2 Å². The molecule has 8 heteroatoms. The first-order valence-corrected chi connectivity index (χ1v) is 9.52. The Hall–Kier alpha value is -3.29. The Morgan fingerprint density at radius 3 is 3.00 bits per heavy atom. The molecule has 1 amide bonds. The Labute approximate surface area is 160 Å². The predicted molar refractivity (Wildman–Crippen MR) is 101 cm³/mol. The van der Waals surface area contributed by atoms with Crippen molar-refractivity contribution < 1.29 is 9.63 Å². The molecule has 2 aromatic heterocycles. The molecule has 3 aliphatic rings. The van der Waals surface area contributed by atoms with Crippen molar-refractivity contribution in [2.75, 3.05) is 5.32 Å². The lowest BCUT2D eigenvalue weighted by atomic mass is 9.72. The SMILES string of the molecule is O=C(Nc1ccc2[nH]ncc2c1)C12ON=C(c3cncnc3)C1C1CCC2C1. The third-order valence-corrected chi connectivity index (χ3v) is 6.51. The standard InChI is InChI=1S/C20H18N6O2/c27-19(24-15-3-4-16-12(6-15)9-23-25-16)20-14-2-1-11(5-14)17(20)18(26-28-20)13-7-21-10-22-8-13/h3-4,6-11,14,17H,1-2,5H2,(H,23,25)(H,24,27). The molecule has 2 N–H and O–H groups in total. The van der Waals surface area contributed by atoms with Gasteiger partial charge in [0.05, 0.1) is 23.3 Å². The van der Waals surface area contributed by atoms with Gasteiger partial charge in [-0.3, -0.25) is 9.89 Å². The molecule has 8 nitrogen and oxygen atoms in total. The molecule has 3 heterocycles. The Morgan fingerprint density at radius 2 is 2.11 bits per heavy atom. The summed E-state index contributed by atoms with van der Waals surface area (Å²) >= 11 is 0. The fourth-order valence-corrected chi connectivity index (χ4v) is 5.33. The molecular weight excluding hydrogens is 356 g/mol. The van der Waals surface area contributed by atoms with Crippen LogP contribution in [0.15, 0.2) is 48.3 Å². The average Bonchev–Trinajstić information content (AvgIpc) is 3.48. The zero-order valence-electron chi connectivity index (χ0n) is 15.0. The fourth-order valence-electron chi connectivity index (χ4n) is 5.33. The maximum absolute atomic E-state index is 13.5. The minimum Gasteiger partial charge on any atom is -0.378 e. The van der Waals surface area contributed by atoms with Gasteiger partial charge in [-0.1, -0.05) is 5.16 Å². The average molecular weight is 374 g/mol. The summed E-state index contributed by atoms with van der Waals surface area (Å²) in [4.78, 5) is 27.7. The van der Waals surface area contributed by atoms with E-state index in [0.717, 1.165) is 47.1 Å². The quantitative estimate of drug-likeness (QED) is 0.733. The normalized spacial score (nSPS) is 30.1. The molecule has 2 aliphatic carbocycles. The number of carbonyl (C=O) groups excluding carboxylic acids is 1. The van der Waals surface area contributed by atoms with Crippen LogP contribution in [0.4, 0.5) is 5.69 Å². The number of aromatic amines is 1. The summed E-state index contributed by atoms with van der Waals surface area (Å²) in [5, 5.41) is 15.3. The third kappa shape index (κ3) is 2.02. The van der Waals surface area contributed by atoms with E-state index in [-0.39, 0.29) is 17.7 Å². The van der Waals surface area contributed by atoms with Crippen molar-refractivity contribution in [2.45, 2.75) is 24.9 Å². The lowest BCUT2D eigenvalue weighted by Crippen LogP contribution is -2.53. The summed E-state index contributed by atoms with van der Waals surface area (Å²) in [5.41, 5.74) is 2.35. The van der Waals surface area contributed by atoms with Gasteiger partial charge in [0, 0.05) is 34.9 Å². The summed E-state index contributed by atoms with van der Waals surface area (Å²) in [6.45, 7) is 0. The summed E-state index contributed by atoms with van der Waals surface area (Å²) in [5.74, 6) is 0.387. The number of anilines is 1. The molecule has 28 heavy (non-hydrogen) atoms. The number of fused-ring (bicyclic) bond motifs is 6. The van der Waals surface area contributed by atoms with Crippen molar-refractivity contribution in [1.29, 1.82) is 0 Å². The predicted octanol–water partition coefficient (Wildman–Crippen LogP) is 2.51. The number of hydrogen-bond acceptors (Lipinski definition) is 6. The molecule has 1 aromatic carbocycles. The Bertz CT molecular complexity index is 1110. The van der Waals surface area contributed by atoms with Gasteiger partial charge >= 0.3 is 0 Å². The first kappa shape index (κ1) is 15.7. The van der Waals surface area contributed by atoms with Crippen molar-refractivity contribution in [2.24, 2.45) is 22.9 Å². The number of nitrogens with one attached hydrogen (secondary N) is 2. The number of carbonyl (C=O) groups is 1. The molecule has 0 radical (unpaired) electrons. The van der Waals surface area contributed by atoms with Crippen LogP contribution in [-0.4, -0.2) is 37.4 Å². The van der Waals surface area contributed by atoms with E-state index in [0.29, 0.717) is 5.92 Å². The number of nitrogens with zero attached hydrogens (tertiary/aromatic N) is 4. The lowest BCUT2D eigenvalue weighted by Gasteiger charge is -2.35. The van der Waals surface area contributed by atoms with E-state index >= 15 is 0 Å². The molecule has 3 aromatic rings. The molecule has 140 valence electrons. The Kier molecular flexibility index (Phi) is 3.15. The van der Waals surface area contributed by atoms with Crippen LogP contribution in [0.25, 0.3) is 10.9 Å². The third-order valence-electron chi connectivity index (χ3n) is 6.51. The van der Waals surface area contributed by atoms with Crippen LogP contribution in [0.5, 0.6) is 0 Å². The number of oxime groups is 1. The molecule has 2 bridgehead atoms. The monoisotopic (exact) mass is 374 g/mol. The number of H-pyrrole nitrogens is 1.